The molecule has 4 nitrogen and oxygen atoms in total. The zero-order valence-corrected chi connectivity index (χ0v) is 10.5. The Labute approximate surface area is 97.4 Å². The molecule has 0 unspecified atom stereocenters. The van der Waals surface area contributed by atoms with E-state index in [4.69, 9.17) is 4.74 Å². The minimum atomic E-state index is -0.441. The van der Waals surface area contributed by atoms with Gasteiger partial charge in [-0.3, -0.25) is 4.79 Å². The molecule has 4 heteroatoms. The van der Waals surface area contributed by atoms with Crippen molar-refractivity contribution in [2.45, 2.75) is 63.7 Å². The number of nitrogens with one attached hydrogen (secondary N) is 1. The van der Waals surface area contributed by atoms with Gasteiger partial charge in [-0.05, 0) is 26.7 Å². The summed E-state index contributed by atoms with van der Waals surface area (Å²) in [5.74, 6) is -0.0437. The SMILES string of the molecule is COC(C)(C)CC(=O)N[C@H]1CCCC[C@@H]1O. The predicted molar refractivity (Wildman–Crippen MR) is 62.1 cm³/mol. The van der Waals surface area contributed by atoms with Crippen molar-refractivity contribution in [1.82, 2.24) is 5.32 Å². The average Bonchev–Trinajstić information content (AvgIpc) is 2.21. The van der Waals surface area contributed by atoms with Gasteiger partial charge in [0.05, 0.1) is 24.2 Å². The van der Waals surface area contributed by atoms with Crippen LogP contribution in [0.15, 0.2) is 0 Å². The zero-order valence-electron chi connectivity index (χ0n) is 10.5. The first kappa shape index (κ1) is 13.5. The highest BCUT2D eigenvalue weighted by Gasteiger charge is 2.27. The first-order valence-electron chi connectivity index (χ1n) is 5.97. The van der Waals surface area contributed by atoms with Crippen LogP contribution in [0.25, 0.3) is 0 Å². The van der Waals surface area contributed by atoms with E-state index in [9.17, 15) is 9.90 Å². The third-order valence-electron chi connectivity index (χ3n) is 3.21. The minimum absolute atomic E-state index is 0.0437. The number of rotatable bonds is 4. The van der Waals surface area contributed by atoms with Crippen LogP contribution in [0.5, 0.6) is 0 Å². The second kappa shape index (κ2) is 5.64. The fraction of sp³-hybridized carbons (Fsp3) is 0.917. The van der Waals surface area contributed by atoms with Crippen molar-refractivity contribution >= 4 is 5.91 Å². The topological polar surface area (TPSA) is 58.6 Å². The maximum atomic E-state index is 11.7. The highest BCUT2D eigenvalue weighted by atomic mass is 16.5. The number of methoxy groups -OCH3 is 1. The van der Waals surface area contributed by atoms with Gasteiger partial charge in [0.2, 0.25) is 5.91 Å². The Kier molecular flexibility index (Phi) is 4.74. The number of carbonyl (C=O) groups excluding carboxylic acids is 1. The van der Waals surface area contributed by atoms with Gasteiger partial charge >= 0.3 is 0 Å². The summed E-state index contributed by atoms with van der Waals surface area (Å²) in [4.78, 5) is 11.7. The lowest BCUT2D eigenvalue weighted by Gasteiger charge is -2.30. The quantitative estimate of drug-likeness (QED) is 0.762. The van der Waals surface area contributed by atoms with Crippen molar-refractivity contribution < 1.29 is 14.6 Å². The standard InChI is InChI=1S/C12H23NO3/c1-12(2,16-3)8-11(15)13-9-6-4-5-7-10(9)14/h9-10,14H,4-8H2,1-3H3,(H,13,15)/t9-,10-/m0/s1. The molecule has 2 atom stereocenters. The molecule has 0 aromatic carbocycles. The zero-order chi connectivity index (χ0) is 12.2. The Morgan fingerprint density at radius 3 is 2.62 bits per heavy atom. The van der Waals surface area contributed by atoms with Gasteiger partial charge in [-0.25, -0.2) is 0 Å². The Balaban J connectivity index is 2.38. The smallest absolute Gasteiger partial charge is 0.223 e. The fourth-order valence-electron chi connectivity index (χ4n) is 2.00. The molecule has 1 aliphatic rings. The van der Waals surface area contributed by atoms with Crippen LogP contribution in [0.2, 0.25) is 0 Å². The number of hydrogen-bond donors (Lipinski definition) is 2. The normalized spacial score (nSPS) is 26.5. The average molecular weight is 229 g/mol. The van der Waals surface area contributed by atoms with Crippen LogP contribution < -0.4 is 5.32 Å². The van der Waals surface area contributed by atoms with Crippen molar-refractivity contribution in [3.05, 3.63) is 0 Å². The highest BCUT2D eigenvalue weighted by molar-refractivity contribution is 5.77. The third kappa shape index (κ3) is 4.10. The molecule has 0 bridgehead atoms. The van der Waals surface area contributed by atoms with Crippen LogP contribution in [0.1, 0.15) is 46.0 Å². The van der Waals surface area contributed by atoms with E-state index < -0.39 is 5.60 Å². The van der Waals surface area contributed by atoms with E-state index in [1.807, 2.05) is 13.8 Å². The summed E-state index contributed by atoms with van der Waals surface area (Å²) in [6.07, 6.45) is 3.74. The van der Waals surface area contributed by atoms with Crippen molar-refractivity contribution in [2.75, 3.05) is 7.11 Å². The van der Waals surface area contributed by atoms with E-state index in [1.165, 1.54) is 0 Å². The van der Waals surface area contributed by atoms with Gasteiger partial charge in [-0.2, -0.15) is 0 Å². The Morgan fingerprint density at radius 2 is 2.06 bits per heavy atom. The third-order valence-corrected chi connectivity index (χ3v) is 3.21. The van der Waals surface area contributed by atoms with Crippen LogP contribution in [0.3, 0.4) is 0 Å². The molecule has 16 heavy (non-hydrogen) atoms. The first-order chi connectivity index (χ1) is 7.44. The molecule has 0 aromatic heterocycles. The van der Waals surface area contributed by atoms with E-state index in [1.54, 1.807) is 7.11 Å². The lowest BCUT2D eigenvalue weighted by Crippen LogP contribution is -2.46. The molecule has 0 aromatic rings. The number of ether oxygens (including phenoxy) is 1. The Morgan fingerprint density at radius 1 is 1.44 bits per heavy atom. The highest BCUT2D eigenvalue weighted by Crippen LogP contribution is 2.19. The Bertz CT molecular complexity index is 240. The van der Waals surface area contributed by atoms with Crippen LogP contribution >= 0.6 is 0 Å². The Hall–Kier alpha value is -0.610. The monoisotopic (exact) mass is 229 g/mol. The molecule has 1 saturated carbocycles. The molecule has 0 heterocycles. The molecular weight excluding hydrogens is 206 g/mol. The molecule has 1 fully saturated rings. The summed E-state index contributed by atoms with van der Waals surface area (Å²) < 4.78 is 5.20. The maximum Gasteiger partial charge on any atom is 0.223 e. The summed E-state index contributed by atoms with van der Waals surface area (Å²) in [6, 6.07) is -0.0751. The molecular formula is C12H23NO3. The van der Waals surface area contributed by atoms with Crippen LogP contribution in [-0.4, -0.2) is 35.9 Å². The summed E-state index contributed by atoms with van der Waals surface area (Å²) in [7, 11) is 1.60. The lowest BCUT2D eigenvalue weighted by molar-refractivity contribution is -0.128. The first-order valence-corrected chi connectivity index (χ1v) is 5.97. The van der Waals surface area contributed by atoms with Gasteiger partial charge in [0.25, 0.3) is 0 Å². The van der Waals surface area contributed by atoms with E-state index in [2.05, 4.69) is 5.32 Å². The second-order valence-corrected chi connectivity index (χ2v) is 5.17. The van der Waals surface area contributed by atoms with E-state index in [0.717, 1.165) is 25.7 Å². The van der Waals surface area contributed by atoms with Gasteiger partial charge < -0.3 is 15.2 Å². The van der Waals surface area contributed by atoms with E-state index in [0.29, 0.717) is 6.42 Å². The van der Waals surface area contributed by atoms with Gasteiger partial charge in [0.1, 0.15) is 0 Å². The van der Waals surface area contributed by atoms with Gasteiger partial charge in [-0.1, -0.05) is 12.8 Å². The van der Waals surface area contributed by atoms with Gasteiger partial charge in [0, 0.05) is 7.11 Å². The molecule has 0 aliphatic heterocycles. The van der Waals surface area contributed by atoms with Crippen molar-refractivity contribution in [2.24, 2.45) is 0 Å². The minimum Gasteiger partial charge on any atom is -0.391 e. The molecule has 94 valence electrons. The van der Waals surface area contributed by atoms with Gasteiger partial charge in [0.15, 0.2) is 0 Å². The van der Waals surface area contributed by atoms with E-state index >= 15 is 0 Å². The number of amides is 1. The molecule has 0 spiro atoms. The van der Waals surface area contributed by atoms with Gasteiger partial charge in [-0.15, -0.1) is 0 Å². The molecule has 1 aliphatic carbocycles. The summed E-state index contributed by atoms with van der Waals surface area (Å²) in [5.41, 5.74) is -0.441. The van der Waals surface area contributed by atoms with Crippen LogP contribution in [0, 0.1) is 0 Å². The number of aliphatic hydroxyl groups is 1. The molecule has 0 radical (unpaired) electrons. The molecule has 2 N–H and O–H groups in total. The van der Waals surface area contributed by atoms with Crippen LogP contribution in [-0.2, 0) is 9.53 Å². The van der Waals surface area contributed by atoms with E-state index in [-0.39, 0.29) is 18.1 Å². The predicted octanol–water partition coefficient (Wildman–Crippen LogP) is 1.22. The molecule has 1 rings (SSSR count). The lowest BCUT2D eigenvalue weighted by atomic mass is 9.92. The van der Waals surface area contributed by atoms with Crippen molar-refractivity contribution in [3.63, 3.8) is 0 Å². The number of hydrogen-bond acceptors (Lipinski definition) is 3. The number of carbonyl (C=O) groups is 1. The second-order valence-electron chi connectivity index (χ2n) is 5.17. The number of aliphatic hydroxyl groups excluding tert-OH is 1. The summed E-state index contributed by atoms with van der Waals surface area (Å²) in [6.45, 7) is 3.76. The molecule has 0 saturated heterocycles. The van der Waals surface area contributed by atoms with Crippen molar-refractivity contribution in [3.8, 4) is 0 Å². The van der Waals surface area contributed by atoms with Crippen LogP contribution in [0.4, 0.5) is 0 Å². The summed E-state index contributed by atoms with van der Waals surface area (Å²) >= 11 is 0. The molecule has 1 amide bonds. The van der Waals surface area contributed by atoms with Crippen molar-refractivity contribution in [1.29, 1.82) is 0 Å². The maximum absolute atomic E-state index is 11.7. The summed E-state index contributed by atoms with van der Waals surface area (Å²) in [5, 5.41) is 12.6. The fourth-order valence-corrected chi connectivity index (χ4v) is 2.00. The largest absolute Gasteiger partial charge is 0.391 e.